The highest BCUT2D eigenvalue weighted by atomic mass is 16.5. The number of ether oxygens (including phenoxy) is 1. The number of rotatable bonds is 3. The molecule has 0 spiro atoms. The Kier molecular flexibility index (Phi) is 3.01. The molecule has 0 aliphatic carbocycles. The van der Waals surface area contributed by atoms with Crippen LogP contribution >= 0.6 is 0 Å². The number of carbonyl (C=O) groups is 1. The van der Waals surface area contributed by atoms with E-state index in [0.717, 1.165) is 5.75 Å². The smallest absolute Gasteiger partial charge is 0.159 e. The van der Waals surface area contributed by atoms with Gasteiger partial charge >= 0.3 is 0 Å². The molecule has 0 aliphatic heterocycles. The van der Waals surface area contributed by atoms with Gasteiger partial charge in [0.2, 0.25) is 0 Å². The lowest BCUT2D eigenvalue weighted by Crippen LogP contribution is -1.92. The minimum Gasteiger partial charge on any atom is -0.457 e. The van der Waals surface area contributed by atoms with Gasteiger partial charge in [0.25, 0.3) is 0 Å². The van der Waals surface area contributed by atoms with Crippen molar-refractivity contribution in [1.82, 2.24) is 0 Å². The van der Waals surface area contributed by atoms with Gasteiger partial charge in [-0.2, -0.15) is 0 Å². The first-order valence-corrected chi connectivity index (χ1v) is 5.09. The first-order valence-electron chi connectivity index (χ1n) is 5.09. The van der Waals surface area contributed by atoms with E-state index in [1.54, 1.807) is 19.1 Å². The Balaban J connectivity index is 2.22. The monoisotopic (exact) mass is 212 g/mol. The van der Waals surface area contributed by atoms with Crippen molar-refractivity contribution in [2.45, 2.75) is 6.92 Å². The molecule has 2 nitrogen and oxygen atoms in total. The second kappa shape index (κ2) is 4.62. The van der Waals surface area contributed by atoms with Gasteiger partial charge in [0, 0.05) is 5.56 Å². The SMILES string of the molecule is CC(=O)c1cccc(Oc2ccccc2)c1. The number of hydrogen-bond acceptors (Lipinski definition) is 2. The van der Waals surface area contributed by atoms with Gasteiger partial charge in [-0.1, -0.05) is 30.3 Å². The zero-order chi connectivity index (χ0) is 11.4. The summed E-state index contributed by atoms with van der Waals surface area (Å²) >= 11 is 0. The first-order chi connectivity index (χ1) is 7.75. The molecule has 2 rings (SSSR count). The van der Waals surface area contributed by atoms with E-state index in [1.165, 1.54) is 0 Å². The number of Topliss-reactive ketones (excluding diaryl/α,β-unsaturated/α-hetero) is 1. The van der Waals surface area contributed by atoms with Crippen LogP contribution in [0.3, 0.4) is 0 Å². The number of benzene rings is 2. The summed E-state index contributed by atoms with van der Waals surface area (Å²) in [6, 6.07) is 16.7. The van der Waals surface area contributed by atoms with Crippen LogP contribution in [0.15, 0.2) is 54.6 Å². The van der Waals surface area contributed by atoms with E-state index >= 15 is 0 Å². The van der Waals surface area contributed by atoms with Crippen LogP contribution in [0, 0.1) is 0 Å². The van der Waals surface area contributed by atoms with E-state index in [0.29, 0.717) is 11.3 Å². The van der Waals surface area contributed by atoms with Crippen molar-refractivity contribution < 1.29 is 9.53 Å². The third-order valence-corrected chi connectivity index (χ3v) is 2.22. The molecule has 0 bridgehead atoms. The normalized spacial score (nSPS) is 9.81. The molecular weight excluding hydrogens is 200 g/mol. The average molecular weight is 212 g/mol. The first kappa shape index (κ1) is 10.4. The third kappa shape index (κ3) is 2.48. The Hall–Kier alpha value is -2.09. The van der Waals surface area contributed by atoms with Crippen molar-refractivity contribution in [3.05, 3.63) is 60.2 Å². The summed E-state index contributed by atoms with van der Waals surface area (Å²) in [5.74, 6) is 1.49. The molecule has 80 valence electrons. The highest BCUT2D eigenvalue weighted by molar-refractivity contribution is 5.94. The summed E-state index contributed by atoms with van der Waals surface area (Å²) in [5, 5.41) is 0. The summed E-state index contributed by atoms with van der Waals surface area (Å²) in [6.07, 6.45) is 0. The molecule has 0 saturated heterocycles. The predicted octanol–water partition coefficient (Wildman–Crippen LogP) is 3.68. The van der Waals surface area contributed by atoms with Crippen LogP contribution in [0.5, 0.6) is 11.5 Å². The predicted molar refractivity (Wildman–Crippen MR) is 63.0 cm³/mol. The van der Waals surface area contributed by atoms with Gasteiger partial charge in [-0.25, -0.2) is 0 Å². The van der Waals surface area contributed by atoms with Crippen LogP contribution in [-0.4, -0.2) is 5.78 Å². The summed E-state index contributed by atoms with van der Waals surface area (Å²) < 4.78 is 5.62. The van der Waals surface area contributed by atoms with E-state index in [4.69, 9.17) is 4.74 Å². The van der Waals surface area contributed by atoms with E-state index < -0.39 is 0 Å². The van der Waals surface area contributed by atoms with Crippen LogP contribution < -0.4 is 4.74 Å². The standard InChI is InChI=1S/C14H12O2/c1-11(15)12-6-5-9-14(10-12)16-13-7-3-2-4-8-13/h2-10H,1H3. The Bertz CT molecular complexity index is 489. The number of hydrogen-bond donors (Lipinski definition) is 0. The lowest BCUT2D eigenvalue weighted by molar-refractivity contribution is 0.101. The molecule has 0 amide bonds. The molecule has 0 aliphatic rings. The maximum atomic E-state index is 11.2. The Morgan fingerprint density at radius 1 is 0.938 bits per heavy atom. The largest absolute Gasteiger partial charge is 0.457 e. The second-order valence-corrected chi connectivity index (χ2v) is 3.50. The van der Waals surface area contributed by atoms with Crippen molar-refractivity contribution in [2.75, 3.05) is 0 Å². The van der Waals surface area contributed by atoms with Gasteiger partial charge < -0.3 is 4.74 Å². The second-order valence-electron chi connectivity index (χ2n) is 3.50. The third-order valence-electron chi connectivity index (χ3n) is 2.22. The quantitative estimate of drug-likeness (QED) is 0.725. The highest BCUT2D eigenvalue weighted by Crippen LogP contribution is 2.21. The molecule has 2 aromatic carbocycles. The van der Waals surface area contributed by atoms with Gasteiger partial charge in [0.1, 0.15) is 11.5 Å². The molecule has 2 heteroatoms. The molecule has 0 aromatic heterocycles. The lowest BCUT2D eigenvalue weighted by atomic mass is 10.1. The summed E-state index contributed by atoms with van der Waals surface area (Å²) in [5.41, 5.74) is 0.661. The Morgan fingerprint density at radius 3 is 2.31 bits per heavy atom. The van der Waals surface area contributed by atoms with E-state index in [-0.39, 0.29) is 5.78 Å². The maximum absolute atomic E-state index is 11.2. The minimum atomic E-state index is 0.0403. The summed E-state index contributed by atoms with van der Waals surface area (Å²) in [7, 11) is 0. The van der Waals surface area contributed by atoms with Crippen LogP contribution in [0.25, 0.3) is 0 Å². The number of carbonyl (C=O) groups excluding carboxylic acids is 1. The van der Waals surface area contributed by atoms with Gasteiger partial charge in [-0.15, -0.1) is 0 Å². The van der Waals surface area contributed by atoms with Gasteiger partial charge in [0.15, 0.2) is 5.78 Å². The topological polar surface area (TPSA) is 26.3 Å². The molecule has 2 aromatic rings. The Labute approximate surface area is 94.5 Å². The van der Waals surface area contributed by atoms with Crippen molar-refractivity contribution in [1.29, 1.82) is 0 Å². The van der Waals surface area contributed by atoms with E-state index in [2.05, 4.69) is 0 Å². The van der Waals surface area contributed by atoms with Crippen molar-refractivity contribution >= 4 is 5.78 Å². The lowest BCUT2D eigenvalue weighted by Gasteiger charge is -2.05. The number of para-hydroxylation sites is 1. The number of ketones is 1. The van der Waals surface area contributed by atoms with Crippen LogP contribution in [0.1, 0.15) is 17.3 Å². The van der Waals surface area contributed by atoms with Crippen molar-refractivity contribution in [3.63, 3.8) is 0 Å². The maximum Gasteiger partial charge on any atom is 0.159 e. The zero-order valence-electron chi connectivity index (χ0n) is 9.01. The molecule has 0 N–H and O–H groups in total. The fourth-order valence-corrected chi connectivity index (χ4v) is 1.40. The molecule has 0 fully saturated rings. The average Bonchev–Trinajstić information content (AvgIpc) is 2.30. The molecule has 0 radical (unpaired) electrons. The molecule has 0 heterocycles. The molecule has 0 atom stereocenters. The molecule has 16 heavy (non-hydrogen) atoms. The fraction of sp³-hybridized carbons (Fsp3) is 0.0714. The summed E-state index contributed by atoms with van der Waals surface area (Å²) in [4.78, 5) is 11.2. The highest BCUT2D eigenvalue weighted by Gasteiger charge is 2.01. The zero-order valence-corrected chi connectivity index (χ0v) is 9.01. The van der Waals surface area contributed by atoms with Crippen LogP contribution in [-0.2, 0) is 0 Å². The van der Waals surface area contributed by atoms with Gasteiger partial charge in [-0.3, -0.25) is 4.79 Å². The van der Waals surface area contributed by atoms with Crippen molar-refractivity contribution in [3.8, 4) is 11.5 Å². The van der Waals surface area contributed by atoms with E-state index in [9.17, 15) is 4.79 Å². The Morgan fingerprint density at radius 2 is 1.62 bits per heavy atom. The van der Waals surface area contributed by atoms with E-state index in [1.807, 2.05) is 42.5 Å². The van der Waals surface area contributed by atoms with Crippen molar-refractivity contribution in [2.24, 2.45) is 0 Å². The molecular formula is C14H12O2. The van der Waals surface area contributed by atoms with Crippen LogP contribution in [0.4, 0.5) is 0 Å². The molecule has 0 unspecified atom stereocenters. The minimum absolute atomic E-state index is 0.0403. The van der Waals surface area contributed by atoms with Gasteiger partial charge in [0.05, 0.1) is 0 Å². The summed E-state index contributed by atoms with van der Waals surface area (Å²) in [6.45, 7) is 1.54. The molecule has 0 saturated carbocycles. The van der Waals surface area contributed by atoms with Gasteiger partial charge in [-0.05, 0) is 31.2 Å². The fourth-order valence-electron chi connectivity index (χ4n) is 1.40. The van der Waals surface area contributed by atoms with Crippen LogP contribution in [0.2, 0.25) is 0 Å².